The lowest BCUT2D eigenvalue weighted by Crippen LogP contribution is -2.43. The van der Waals surface area contributed by atoms with E-state index < -0.39 is 4.92 Å². The summed E-state index contributed by atoms with van der Waals surface area (Å²) in [6, 6.07) is 4.67. The van der Waals surface area contributed by atoms with Crippen molar-refractivity contribution in [3.05, 3.63) is 33.9 Å². The Morgan fingerprint density at radius 3 is 2.65 bits per heavy atom. The molecule has 1 aliphatic rings. The highest BCUT2D eigenvalue weighted by Crippen LogP contribution is 2.48. The van der Waals surface area contributed by atoms with Gasteiger partial charge < -0.3 is 4.74 Å². The van der Waals surface area contributed by atoms with Crippen molar-refractivity contribution in [3.63, 3.8) is 0 Å². The van der Waals surface area contributed by atoms with Crippen LogP contribution in [0.3, 0.4) is 0 Å². The van der Waals surface area contributed by atoms with Crippen molar-refractivity contribution >= 4 is 37.5 Å². The van der Waals surface area contributed by atoms with E-state index in [1.807, 2.05) is 13.8 Å². The van der Waals surface area contributed by atoms with Crippen molar-refractivity contribution in [1.29, 1.82) is 0 Å². The van der Waals surface area contributed by atoms with E-state index in [1.54, 1.807) is 12.1 Å². The summed E-state index contributed by atoms with van der Waals surface area (Å²) in [6.45, 7) is 3.95. The van der Waals surface area contributed by atoms with Gasteiger partial charge in [-0.05, 0) is 19.9 Å². The molecule has 0 spiro atoms. The maximum atomic E-state index is 10.7. The molecule has 0 unspecified atom stereocenters. The Labute approximate surface area is 116 Å². The van der Waals surface area contributed by atoms with Crippen LogP contribution in [0, 0.1) is 10.1 Å². The number of non-ortho nitro benzene ring substituents is 1. The van der Waals surface area contributed by atoms with Crippen LogP contribution in [0.5, 0.6) is 5.75 Å². The minimum absolute atomic E-state index is 0.0128. The molecule has 0 N–H and O–H groups in total. The first kappa shape index (κ1) is 12.8. The molecule has 1 aliphatic heterocycles. The zero-order valence-corrected chi connectivity index (χ0v) is 12.5. The van der Waals surface area contributed by atoms with E-state index in [0.717, 1.165) is 5.56 Å². The van der Waals surface area contributed by atoms with Gasteiger partial charge >= 0.3 is 0 Å². The molecule has 92 valence electrons. The van der Waals surface area contributed by atoms with Crippen LogP contribution in [0.4, 0.5) is 5.69 Å². The topological polar surface area (TPSA) is 52.4 Å². The van der Waals surface area contributed by atoms with Gasteiger partial charge in [0.1, 0.15) is 11.4 Å². The number of hydrogen-bond acceptors (Lipinski definition) is 3. The molecule has 0 saturated carbocycles. The summed E-state index contributed by atoms with van der Waals surface area (Å²) in [6.07, 6.45) is 0. The van der Waals surface area contributed by atoms with Crippen LogP contribution in [0.2, 0.25) is 0 Å². The molecule has 0 fully saturated rings. The molecule has 0 radical (unpaired) electrons. The number of halogens is 2. The maximum absolute atomic E-state index is 10.7. The molecule has 1 heterocycles. The van der Waals surface area contributed by atoms with Crippen LogP contribution < -0.4 is 4.74 Å². The van der Waals surface area contributed by atoms with Crippen LogP contribution in [-0.2, 0) is 0 Å². The number of alkyl halides is 2. The maximum Gasteiger partial charge on any atom is 0.270 e. The minimum Gasteiger partial charge on any atom is -0.486 e. The lowest BCUT2D eigenvalue weighted by Gasteiger charge is -2.39. The highest BCUT2D eigenvalue weighted by Gasteiger charge is 2.41. The highest BCUT2D eigenvalue weighted by atomic mass is 79.9. The number of nitrogens with zero attached hydrogens (tertiary/aromatic N) is 1. The fourth-order valence-corrected chi connectivity index (χ4v) is 3.18. The van der Waals surface area contributed by atoms with E-state index in [0.29, 0.717) is 5.75 Å². The summed E-state index contributed by atoms with van der Waals surface area (Å²) in [5.74, 6) is 0.693. The summed E-state index contributed by atoms with van der Waals surface area (Å²) < 4.78 is 5.84. The monoisotopic (exact) mass is 363 g/mol. The predicted octanol–water partition coefficient (Wildman–Crippen LogP) is 3.97. The van der Waals surface area contributed by atoms with Gasteiger partial charge in [-0.1, -0.05) is 31.9 Å². The Morgan fingerprint density at radius 2 is 2.06 bits per heavy atom. The van der Waals surface area contributed by atoms with Crippen molar-refractivity contribution in [3.8, 4) is 5.75 Å². The molecule has 0 amide bonds. The van der Waals surface area contributed by atoms with Gasteiger partial charge in [0.25, 0.3) is 5.69 Å². The molecule has 4 nitrogen and oxygen atoms in total. The number of ether oxygens (including phenoxy) is 1. The van der Waals surface area contributed by atoms with E-state index in [9.17, 15) is 10.1 Å². The van der Waals surface area contributed by atoms with Gasteiger partial charge in [0.05, 0.1) is 14.6 Å². The average Bonchev–Trinajstić information content (AvgIpc) is 2.25. The molecular weight excluding hydrogens is 354 g/mol. The van der Waals surface area contributed by atoms with Gasteiger partial charge in [0.15, 0.2) is 0 Å². The van der Waals surface area contributed by atoms with Gasteiger partial charge in [0, 0.05) is 17.7 Å². The van der Waals surface area contributed by atoms with Crippen LogP contribution in [-0.4, -0.2) is 15.4 Å². The van der Waals surface area contributed by atoms with E-state index in [-0.39, 0.29) is 20.9 Å². The Bertz CT molecular complexity index is 476. The summed E-state index contributed by atoms with van der Waals surface area (Å²) in [5, 5.41) is 10.7. The first-order chi connectivity index (χ1) is 7.83. The molecule has 1 aromatic carbocycles. The molecule has 2 rings (SSSR count). The lowest BCUT2D eigenvalue weighted by molar-refractivity contribution is -0.385. The summed E-state index contributed by atoms with van der Waals surface area (Å²) in [4.78, 5) is 10.4. The smallest absolute Gasteiger partial charge is 0.270 e. The molecule has 0 bridgehead atoms. The van der Waals surface area contributed by atoms with E-state index in [1.165, 1.54) is 6.07 Å². The Hall–Kier alpha value is -0.620. The van der Waals surface area contributed by atoms with Crippen molar-refractivity contribution in [1.82, 2.24) is 0 Å². The molecular formula is C11H11Br2NO3. The van der Waals surface area contributed by atoms with Crippen LogP contribution in [0.1, 0.15) is 24.2 Å². The third kappa shape index (κ3) is 2.20. The molecule has 0 aliphatic carbocycles. The fourth-order valence-electron chi connectivity index (χ4n) is 1.81. The fraction of sp³-hybridized carbons (Fsp3) is 0.455. The van der Waals surface area contributed by atoms with Crippen LogP contribution in [0.15, 0.2) is 18.2 Å². The van der Waals surface area contributed by atoms with E-state index >= 15 is 0 Å². The van der Waals surface area contributed by atoms with Gasteiger partial charge in [-0.2, -0.15) is 0 Å². The molecule has 17 heavy (non-hydrogen) atoms. The number of hydrogen-bond donors (Lipinski definition) is 0. The number of nitro benzene ring substituents is 1. The number of benzene rings is 1. The molecule has 0 aromatic heterocycles. The second kappa shape index (κ2) is 4.24. The summed E-state index contributed by atoms with van der Waals surface area (Å²) in [5.41, 5.74) is 0.522. The third-order valence-electron chi connectivity index (χ3n) is 2.80. The molecule has 0 saturated heterocycles. The normalized spacial score (nSPS) is 25.9. The number of fused-ring (bicyclic) bond motifs is 1. The first-order valence-electron chi connectivity index (χ1n) is 5.08. The lowest BCUT2D eigenvalue weighted by atomic mass is 9.94. The third-order valence-corrected chi connectivity index (χ3v) is 6.16. The standard InChI is InChI=1S/C11H11Br2NO3/c1-11(2)10(13)9(12)7-5-6(14(15)16)3-4-8(7)17-11/h3-5,9-10H,1-2H3/t9-,10+/m0/s1. The average molecular weight is 365 g/mol. The zero-order chi connectivity index (χ0) is 12.8. The van der Waals surface area contributed by atoms with Gasteiger partial charge in [-0.3, -0.25) is 10.1 Å². The molecule has 6 heteroatoms. The largest absolute Gasteiger partial charge is 0.486 e. The van der Waals surface area contributed by atoms with Crippen molar-refractivity contribution in [2.75, 3.05) is 0 Å². The van der Waals surface area contributed by atoms with E-state index in [2.05, 4.69) is 31.9 Å². The van der Waals surface area contributed by atoms with Gasteiger partial charge in [-0.15, -0.1) is 0 Å². The highest BCUT2D eigenvalue weighted by molar-refractivity contribution is 9.12. The Morgan fingerprint density at radius 1 is 1.41 bits per heavy atom. The Kier molecular flexibility index (Phi) is 3.20. The molecule has 2 atom stereocenters. The molecule has 1 aromatic rings. The van der Waals surface area contributed by atoms with Gasteiger partial charge in [-0.25, -0.2) is 0 Å². The Balaban J connectivity index is 2.50. The number of nitro groups is 1. The minimum atomic E-state index is -0.400. The van der Waals surface area contributed by atoms with Crippen molar-refractivity contribution < 1.29 is 9.66 Å². The van der Waals surface area contributed by atoms with Gasteiger partial charge in [0.2, 0.25) is 0 Å². The second-order valence-corrected chi connectivity index (χ2v) is 6.46. The zero-order valence-electron chi connectivity index (χ0n) is 9.31. The quantitative estimate of drug-likeness (QED) is 0.430. The summed E-state index contributed by atoms with van der Waals surface area (Å²) >= 11 is 7.13. The first-order valence-corrected chi connectivity index (χ1v) is 6.91. The van der Waals surface area contributed by atoms with Crippen LogP contribution in [0.25, 0.3) is 0 Å². The van der Waals surface area contributed by atoms with Crippen molar-refractivity contribution in [2.24, 2.45) is 0 Å². The second-order valence-electron chi connectivity index (χ2n) is 4.49. The number of rotatable bonds is 1. The van der Waals surface area contributed by atoms with Crippen molar-refractivity contribution in [2.45, 2.75) is 29.1 Å². The van der Waals surface area contributed by atoms with E-state index in [4.69, 9.17) is 4.74 Å². The van der Waals surface area contributed by atoms with Crippen LogP contribution >= 0.6 is 31.9 Å². The SMILES string of the molecule is CC1(C)Oc2ccc([N+](=O)[O-])cc2[C@H](Br)[C@H]1Br. The predicted molar refractivity (Wildman–Crippen MR) is 72.2 cm³/mol. The summed E-state index contributed by atoms with van der Waals surface area (Å²) in [7, 11) is 0.